The minimum absolute atomic E-state index is 0.211. The molecule has 0 aliphatic carbocycles. The largest absolute Gasteiger partial charge is 0.481 e. The predicted octanol–water partition coefficient (Wildman–Crippen LogP) is 2.30. The average molecular weight is 450 g/mol. The number of carbonyl (C=O) groups is 1. The number of methoxy groups -OCH3 is 2. The molecule has 9 nitrogen and oxygen atoms in total. The summed E-state index contributed by atoms with van der Waals surface area (Å²) in [6, 6.07) is 7.48. The van der Waals surface area contributed by atoms with E-state index in [0.717, 1.165) is 0 Å². The first-order valence-electron chi connectivity index (χ1n) is 10.6. The molecule has 2 aliphatic rings. The number of likely N-dealkylation sites (tertiary alicyclic amines) is 1. The highest BCUT2D eigenvalue weighted by atomic mass is 19.1. The Morgan fingerprint density at radius 1 is 0.970 bits per heavy atom. The Kier molecular flexibility index (Phi) is 5.49. The molecule has 3 aromatic rings. The van der Waals surface area contributed by atoms with Crippen LogP contribution < -0.4 is 14.4 Å². The molecule has 0 radical (unpaired) electrons. The van der Waals surface area contributed by atoms with Crippen molar-refractivity contribution in [3.05, 3.63) is 54.1 Å². The molecule has 0 spiro atoms. The molecule has 2 aromatic heterocycles. The van der Waals surface area contributed by atoms with Crippen LogP contribution in [0.1, 0.15) is 10.4 Å². The number of carbonyl (C=O) groups excluding carboxylic acids is 1. The number of halogens is 1. The molecule has 4 heterocycles. The number of hydrogen-bond acceptors (Lipinski definition) is 8. The van der Waals surface area contributed by atoms with Gasteiger partial charge in [-0.25, -0.2) is 14.4 Å². The number of rotatable bonds is 5. The monoisotopic (exact) mass is 450 g/mol. The summed E-state index contributed by atoms with van der Waals surface area (Å²) >= 11 is 0. The molecular formula is C23H23FN6O3. The van der Waals surface area contributed by atoms with E-state index in [1.54, 1.807) is 49.7 Å². The summed E-state index contributed by atoms with van der Waals surface area (Å²) < 4.78 is 24.6. The minimum atomic E-state index is -0.465. The molecule has 1 amide bonds. The Labute approximate surface area is 190 Å². The number of fused-ring (bicyclic) bond motifs is 1. The van der Waals surface area contributed by atoms with Gasteiger partial charge >= 0.3 is 0 Å². The third-order valence-electron chi connectivity index (χ3n) is 6.16. The molecule has 2 aliphatic heterocycles. The number of hydrogen-bond donors (Lipinski definition) is 0. The maximum absolute atomic E-state index is 14.1. The zero-order valence-electron chi connectivity index (χ0n) is 18.3. The van der Waals surface area contributed by atoms with Crippen LogP contribution in [0.5, 0.6) is 11.8 Å². The molecule has 0 bridgehead atoms. The molecule has 1 aromatic carbocycles. The van der Waals surface area contributed by atoms with Gasteiger partial charge in [0.2, 0.25) is 17.7 Å². The fourth-order valence-electron chi connectivity index (χ4n) is 4.56. The van der Waals surface area contributed by atoms with Gasteiger partial charge in [-0.2, -0.15) is 9.97 Å². The molecular weight excluding hydrogens is 427 g/mol. The maximum atomic E-state index is 14.1. The first-order valence-corrected chi connectivity index (χ1v) is 10.6. The van der Waals surface area contributed by atoms with E-state index < -0.39 is 5.82 Å². The number of anilines is 1. The van der Waals surface area contributed by atoms with Crippen molar-refractivity contribution in [1.82, 2.24) is 24.8 Å². The Hall–Kier alpha value is -3.82. The van der Waals surface area contributed by atoms with E-state index in [2.05, 4.69) is 24.8 Å². The van der Waals surface area contributed by atoms with Crippen LogP contribution >= 0.6 is 0 Å². The first-order chi connectivity index (χ1) is 16.1. The molecule has 5 rings (SSSR count). The van der Waals surface area contributed by atoms with Gasteiger partial charge in [0.15, 0.2) is 5.82 Å². The van der Waals surface area contributed by atoms with Crippen LogP contribution in [0.3, 0.4) is 0 Å². The Balaban J connectivity index is 1.33. The Morgan fingerprint density at radius 2 is 1.61 bits per heavy atom. The molecule has 2 atom stereocenters. The minimum Gasteiger partial charge on any atom is -0.481 e. The smallest absolute Gasteiger partial charge is 0.254 e. The molecule has 0 saturated carbocycles. The molecule has 2 saturated heterocycles. The quantitative estimate of drug-likeness (QED) is 0.585. The maximum Gasteiger partial charge on any atom is 0.254 e. The van der Waals surface area contributed by atoms with Crippen LogP contribution in [-0.4, -0.2) is 71.1 Å². The van der Waals surface area contributed by atoms with Gasteiger partial charge in [0.1, 0.15) is 5.82 Å². The van der Waals surface area contributed by atoms with Crippen molar-refractivity contribution in [3.63, 3.8) is 0 Å². The number of amides is 1. The summed E-state index contributed by atoms with van der Waals surface area (Å²) in [6.07, 6.45) is 3.20. The first kappa shape index (κ1) is 21.0. The Bertz CT molecular complexity index is 1140. The molecule has 170 valence electrons. The van der Waals surface area contributed by atoms with E-state index in [9.17, 15) is 9.18 Å². The van der Waals surface area contributed by atoms with Gasteiger partial charge in [-0.15, -0.1) is 0 Å². The summed E-state index contributed by atoms with van der Waals surface area (Å²) in [5, 5.41) is 0. The van der Waals surface area contributed by atoms with Gasteiger partial charge in [0, 0.05) is 56.0 Å². The van der Waals surface area contributed by atoms with Crippen molar-refractivity contribution >= 4 is 11.9 Å². The molecule has 0 N–H and O–H groups in total. The van der Waals surface area contributed by atoms with Crippen molar-refractivity contribution in [2.24, 2.45) is 11.8 Å². The van der Waals surface area contributed by atoms with Crippen LogP contribution in [0.4, 0.5) is 10.3 Å². The van der Waals surface area contributed by atoms with Gasteiger partial charge in [0.05, 0.1) is 25.8 Å². The lowest BCUT2D eigenvalue weighted by molar-refractivity contribution is 0.0782. The van der Waals surface area contributed by atoms with Crippen molar-refractivity contribution < 1.29 is 18.7 Å². The lowest BCUT2D eigenvalue weighted by atomic mass is 10.0. The van der Waals surface area contributed by atoms with E-state index in [4.69, 9.17) is 9.47 Å². The van der Waals surface area contributed by atoms with E-state index in [1.165, 1.54) is 12.1 Å². The average Bonchev–Trinajstić information content (AvgIpc) is 3.43. The zero-order valence-corrected chi connectivity index (χ0v) is 18.3. The topological polar surface area (TPSA) is 93.6 Å². The van der Waals surface area contributed by atoms with Gasteiger partial charge in [0.25, 0.3) is 5.91 Å². The van der Waals surface area contributed by atoms with Crippen LogP contribution in [0, 0.1) is 17.7 Å². The number of nitrogens with zero attached hydrogens (tertiary/aromatic N) is 6. The summed E-state index contributed by atoms with van der Waals surface area (Å²) in [7, 11) is 3.10. The van der Waals surface area contributed by atoms with Crippen LogP contribution in [-0.2, 0) is 0 Å². The van der Waals surface area contributed by atoms with E-state index in [-0.39, 0.29) is 23.3 Å². The molecule has 2 unspecified atom stereocenters. The SMILES string of the molecule is COc1cc(OC)nc(N2CC3CN(C(=O)c4cc(F)ccc4-c4ncccn4)CC3C2)n1. The summed E-state index contributed by atoms with van der Waals surface area (Å²) in [5.41, 5.74) is 0.802. The van der Waals surface area contributed by atoms with Crippen LogP contribution in [0.25, 0.3) is 11.4 Å². The Morgan fingerprint density at radius 3 is 2.21 bits per heavy atom. The van der Waals surface area contributed by atoms with Gasteiger partial charge in [-0.3, -0.25) is 4.79 Å². The fourth-order valence-corrected chi connectivity index (χ4v) is 4.56. The van der Waals surface area contributed by atoms with E-state index in [1.807, 2.05) is 0 Å². The second-order valence-corrected chi connectivity index (χ2v) is 8.15. The highest BCUT2D eigenvalue weighted by molar-refractivity contribution is 6.00. The lowest BCUT2D eigenvalue weighted by Gasteiger charge is -2.23. The van der Waals surface area contributed by atoms with Crippen molar-refractivity contribution in [1.29, 1.82) is 0 Å². The zero-order chi connectivity index (χ0) is 22.9. The third kappa shape index (κ3) is 4.04. The standard InChI is InChI=1S/C23H23FN6O3/c1-32-19-9-20(33-2)28-23(27-19)30-12-14-10-29(11-15(14)13-30)22(31)18-8-16(24)4-5-17(18)21-25-6-3-7-26-21/h3-9,14-15H,10-13H2,1-2H3. The van der Waals surface area contributed by atoms with Crippen molar-refractivity contribution in [3.8, 4) is 23.1 Å². The van der Waals surface area contributed by atoms with Gasteiger partial charge < -0.3 is 19.3 Å². The normalized spacial score (nSPS) is 19.5. The second-order valence-electron chi connectivity index (χ2n) is 8.15. The van der Waals surface area contributed by atoms with Crippen molar-refractivity contribution in [2.75, 3.05) is 45.3 Å². The molecule has 33 heavy (non-hydrogen) atoms. The predicted molar refractivity (Wildman–Crippen MR) is 118 cm³/mol. The number of aromatic nitrogens is 4. The van der Waals surface area contributed by atoms with Crippen molar-refractivity contribution in [2.45, 2.75) is 0 Å². The summed E-state index contributed by atoms with van der Waals surface area (Å²) in [6.45, 7) is 2.57. The highest BCUT2D eigenvalue weighted by Gasteiger charge is 2.43. The second kappa shape index (κ2) is 8.61. The third-order valence-corrected chi connectivity index (χ3v) is 6.16. The molecule has 2 fully saturated rings. The van der Waals surface area contributed by atoms with Gasteiger partial charge in [-0.05, 0) is 24.3 Å². The summed E-state index contributed by atoms with van der Waals surface area (Å²) in [5.74, 6) is 1.67. The molecule has 10 heteroatoms. The highest BCUT2D eigenvalue weighted by Crippen LogP contribution is 2.35. The van der Waals surface area contributed by atoms with Crippen LogP contribution in [0.15, 0.2) is 42.7 Å². The number of ether oxygens (including phenoxy) is 2. The van der Waals surface area contributed by atoms with Gasteiger partial charge in [-0.1, -0.05) is 0 Å². The fraction of sp³-hybridized carbons (Fsp3) is 0.348. The van der Waals surface area contributed by atoms with E-state index in [0.29, 0.717) is 55.3 Å². The van der Waals surface area contributed by atoms with E-state index >= 15 is 0 Å². The number of benzene rings is 1. The van der Waals surface area contributed by atoms with Crippen LogP contribution in [0.2, 0.25) is 0 Å². The summed E-state index contributed by atoms with van der Waals surface area (Å²) in [4.78, 5) is 34.6. The lowest BCUT2D eigenvalue weighted by Crippen LogP contribution is -2.34.